The van der Waals surface area contributed by atoms with Crippen molar-refractivity contribution in [1.29, 1.82) is 0 Å². The number of aryl methyl sites for hydroxylation is 1. The summed E-state index contributed by atoms with van der Waals surface area (Å²) in [6.07, 6.45) is 4.15. The first kappa shape index (κ1) is 16.6. The zero-order chi connectivity index (χ0) is 17.3. The number of hydrogen-bond donors (Lipinski definition) is 0. The highest BCUT2D eigenvalue weighted by molar-refractivity contribution is 5.96. The van der Waals surface area contributed by atoms with Crippen molar-refractivity contribution in [2.75, 3.05) is 19.7 Å². The molecule has 0 spiro atoms. The second-order valence-electron chi connectivity index (χ2n) is 6.62. The van der Waals surface area contributed by atoms with Crippen molar-refractivity contribution in [1.82, 2.24) is 14.0 Å². The molecule has 0 N–H and O–H groups in total. The Morgan fingerprint density at radius 2 is 2.12 bits per heavy atom. The summed E-state index contributed by atoms with van der Waals surface area (Å²) in [5.41, 5.74) is 2.26. The Morgan fingerprint density at radius 3 is 2.83 bits per heavy atom. The number of fused-ring (bicyclic) bond motifs is 1. The molecule has 0 aliphatic carbocycles. The summed E-state index contributed by atoms with van der Waals surface area (Å²) < 4.78 is 8.89. The van der Waals surface area contributed by atoms with Crippen molar-refractivity contribution in [2.45, 2.75) is 33.2 Å². The van der Waals surface area contributed by atoms with E-state index in [0.29, 0.717) is 18.2 Å². The second-order valence-corrected chi connectivity index (χ2v) is 6.62. The lowest BCUT2D eigenvalue weighted by molar-refractivity contribution is -0.133. The van der Waals surface area contributed by atoms with Gasteiger partial charge in [-0.15, -0.1) is 0 Å². The third-order valence-corrected chi connectivity index (χ3v) is 4.74. The van der Waals surface area contributed by atoms with E-state index in [-0.39, 0.29) is 18.4 Å². The maximum absolute atomic E-state index is 12.7. The van der Waals surface area contributed by atoms with Crippen molar-refractivity contribution in [3.05, 3.63) is 24.0 Å². The van der Waals surface area contributed by atoms with E-state index < -0.39 is 0 Å². The molecule has 2 aromatic heterocycles. The van der Waals surface area contributed by atoms with Gasteiger partial charge in [-0.05, 0) is 37.8 Å². The van der Waals surface area contributed by atoms with E-state index in [4.69, 9.17) is 4.74 Å². The number of aromatic nitrogens is 2. The number of carbonyl (C=O) groups is 2. The molecule has 1 saturated heterocycles. The van der Waals surface area contributed by atoms with E-state index in [1.54, 1.807) is 17.6 Å². The molecule has 0 aromatic carbocycles. The van der Waals surface area contributed by atoms with E-state index in [1.807, 2.05) is 28.8 Å². The largest absolute Gasteiger partial charge is 0.461 e. The van der Waals surface area contributed by atoms with Crippen molar-refractivity contribution >= 4 is 22.9 Å². The maximum Gasteiger partial charge on any atom is 0.355 e. The number of piperidine rings is 1. The van der Waals surface area contributed by atoms with Crippen LogP contribution < -0.4 is 0 Å². The number of likely N-dealkylation sites (tertiary alicyclic amines) is 1. The summed E-state index contributed by atoms with van der Waals surface area (Å²) >= 11 is 0. The van der Waals surface area contributed by atoms with Gasteiger partial charge >= 0.3 is 5.97 Å². The number of ether oxygens (including phenoxy) is 1. The number of nitrogens with zero attached hydrogens (tertiary/aromatic N) is 3. The van der Waals surface area contributed by atoms with Gasteiger partial charge in [0, 0.05) is 26.3 Å². The fourth-order valence-electron chi connectivity index (χ4n) is 3.47. The number of rotatable bonds is 4. The lowest BCUT2D eigenvalue weighted by Gasteiger charge is -2.31. The Kier molecular flexibility index (Phi) is 4.64. The first-order valence-corrected chi connectivity index (χ1v) is 8.60. The molecule has 3 heterocycles. The third-order valence-electron chi connectivity index (χ3n) is 4.74. The highest BCUT2D eigenvalue weighted by atomic mass is 16.5. The van der Waals surface area contributed by atoms with Crippen LogP contribution in [-0.2, 0) is 23.1 Å². The minimum Gasteiger partial charge on any atom is -0.461 e. The SMILES string of the molecule is CCOC(=O)c1cc2c(ccn2C)n1CC(=O)N1CCC[C@@H](C)C1. The zero-order valence-corrected chi connectivity index (χ0v) is 14.6. The zero-order valence-electron chi connectivity index (χ0n) is 14.6. The van der Waals surface area contributed by atoms with Crippen molar-refractivity contribution in [2.24, 2.45) is 13.0 Å². The molecule has 1 fully saturated rings. The molecule has 0 radical (unpaired) electrons. The van der Waals surface area contributed by atoms with E-state index in [1.165, 1.54) is 6.42 Å². The Balaban J connectivity index is 1.90. The summed E-state index contributed by atoms with van der Waals surface area (Å²) in [5, 5.41) is 0. The highest BCUT2D eigenvalue weighted by Gasteiger charge is 2.24. The van der Waals surface area contributed by atoms with Gasteiger partial charge in [0.1, 0.15) is 12.2 Å². The maximum atomic E-state index is 12.7. The van der Waals surface area contributed by atoms with Gasteiger partial charge in [-0.2, -0.15) is 0 Å². The smallest absolute Gasteiger partial charge is 0.355 e. The Hall–Kier alpha value is -2.24. The summed E-state index contributed by atoms with van der Waals surface area (Å²) in [7, 11) is 1.93. The van der Waals surface area contributed by atoms with Crippen molar-refractivity contribution in [3.8, 4) is 0 Å². The highest BCUT2D eigenvalue weighted by Crippen LogP contribution is 2.23. The van der Waals surface area contributed by atoms with Crippen molar-refractivity contribution in [3.63, 3.8) is 0 Å². The van der Waals surface area contributed by atoms with E-state index >= 15 is 0 Å². The van der Waals surface area contributed by atoms with Gasteiger partial charge in [0.15, 0.2) is 0 Å². The molecule has 0 saturated carbocycles. The second kappa shape index (κ2) is 6.71. The van der Waals surface area contributed by atoms with Gasteiger partial charge in [-0.3, -0.25) is 4.79 Å². The molecule has 1 aliphatic heterocycles. The first-order chi connectivity index (χ1) is 11.5. The molecule has 0 bridgehead atoms. The summed E-state index contributed by atoms with van der Waals surface area (Å²) in [4.78, 5) is 26.9. The molecule has 130 valence electrons. The fourth-order valence-corrected chi connectivity index (χ4v) is 3.47. The molecular weight excluding hydrogens is 306 g/mol. The molecule has 1 amide bonds. The topological polar surface area (TPSA) is 56.5 Å². The van der Waals surface area contributed by atoms with Gasteiger partial charge < -0.3 is 18.8 Å². The Morgan fingerprint density at radius 1 is 1.33 bits per heavy atom. The quantitative estimate of drug-likeness (QED) is 0.809. The lowest BCUT2D eigenvalue weighted by Crippen LogP contribution is -2.41. The molecule has 3 rings (SSSR count). The van der Waals surface area contributed by atoms with Crippen LogP contribution in [0.5, 0.6) is 0 Å². The summed E-state index contributed by atoms with van der Waals surface area (Å²) in [6.45, 7) is 6.05. The normalized spacial score (nSPS) is 18.1. The van der Waals surface area contributed by atoms with Gasteiger partial charge in [-0.25, -0.2) is 4.79 Å². The van der Waals surface area contributed by atoms with Gasteiger partial charge in [0.05, 0.1) is 17.6 Å². The molecule has 2 aromatic rings. The molecule has 24 heavy (non-hydrogen) atoms. The van der Waals surface area contributed by atoms with E-state index in [9.17, 15) is 9.59 Å². The van der Waals surface area contributed by atoms with Crippen molar-refractivity contribution < 1.29 is 14.3 Å². The van der Waals surface area contributed by atoms with E-state index in [2.05, 4.69) is 6.92 Å². The molecule has 1 aliphatic rings. The van der Waals surface area contributed by atoms with Crippen LogP contribution in [0.4, 0.5) is 0 Å². The molecule has 1 atom stereocenters. The number of carbonyl (C=O) groups excluding carboxylic acids is 2. The molecule has 6 nitrogen and oxygen atoms in total. The van der Waals surface area contributed by atoms with Crippen LogP contribution in [0.3, 0.4) is 0 Å². The minimum atomic E-state index is -0.381. The van der Waals surface area contributed by atoms with Gasteiger partial charge in [0.2, 0.25) is 5.91 Å². The predicted octanol–water partition coefficient (Wildman–Crippen LogP) is 2.42. The number of hydrogen-bond acceptors (Lipinski definition) is 3. The monoisotopic (exact) mass is 331 g/mol. The minimum absolute atomic E-state index is 0.0634. The van der Waals surface area contributed by atoms with Crippen LogP contribution in [0.25, 0.3) is 11.0 Å². The third kappa shape index (κ3) is 3.05. The van der Waals surface area contributed by atoms with Gasteiger partial charge in [-0.1, -0.05) is 6.92 Å². The fraction of sp³-hybridized carbons (Fsp3) is 0.556. The Labute approximate surface area is 142 Å². The number of amides is 1. The molecule has 6 heteroatoms. The Bertz CT molecular complexity index is 759. The van der Waals surface area contributed by atoms with Crippen LogP contribution in [0, 0.1) is 5.92 Å². The average molecular weight is 331 g/mol. The summed E-state index contributed by atoms with van der Waals surface area (Å²) in [5.74, 6) is 0.218. The van der Waals surface area contributed by atoms with Crippen LogP contribution in [0.2, 0.25) is 0 Å². The average Bonchev–Trinajstić information content (AvgIpc) is 3.08. The first-order valence-electron chi connectivity index (χ1n) is 8.60. The molecular formula is C18H25N3O3. The number of esters is 1. The standard InChI is InChI=1S/C18H25N3O3/c1-4-24-18(23)16-10-15-14(7-9-19(15)3)21(16)12-17(22)20-8-5-6-13(2)11-20/h7,9-10,13H,4-6,8,11-12H2,1-3H3/t13-/m1/s1. The van der Waals surface area contributed by atoms with Crippen LogP contribution in [0.1, 0.15) is 37.2 Å². The van der Waals surface area contributed by atoms with Gasteiger partial charge in [0.25, 0.3) is 0 Å². The lowest BCUT2D eigenvalue weighted by atomic mass is 10.0. The molecule has 0 unspecified atom stereocenters. The van der Waals surface area contributed by atoms with E-state index in [0.717, 1.165) is 30.5 Å². The van der Waals surface area contributed by atoms with Crippen LogP contribution >= 0.6 is 0 Å². The predicted molar refractivity (Wildman–Crippen MR) is 91.8 cm³/mol. The van der Waals surface area contributed by atoms with Crippen LogP contribution in [0.15, 0.2) is 18.3 Å². The van der Waals surface area contributed by atoms with Crippen LogP contribution in [-0.4, -0.2) is 45.6 Å². The summed E-state index contributed by atoms with van der Waals surface area (Å²) in [6, 6.07) is 3.74.